The zero-order valence-corrected chi connectivity index (χ0v) is 13.9. The van der Waals surface area contributed by atoms with E-state index >= 15 is 0 Å². The lowest BCUT2D eigenvalue weighted by Crippen LogP contribution is -2.52. The molecule has 0 bridgehead atoms. The summed E-state index contributed by atoms with van der Waals surface area (Å²) in [7, 11) is 3.93. The smallest absolute Gasteiger partial charge is 0.0465 e. The van der Waals surface area contributed by atoms with Crippen LogP contribution in [0.3, 0.4) is 0 Å². The van der Waals surface area contributed by atoms with Gasteiger partial charge in [-0.2, -0.15) is 0 Å². The molecule has 0 saturated heterocycles. The number of hydrogen-bond donors (Lipinski definition) is 1. The molecule has 1 aromatic rings. The van der Waals surface area contributed by atoms with Crippen molar-refractivity contribution < 1.29 is 4.74 Å². The summed E-state index contributed by atoms with van der Waals surface area (Å²) in [5, 5.41) is 3.66. The molecule has 1 N–H and O–H groups in total. The Hall–Kier alpha value is -0.860. The number of hydrogen-bond acceptors (Lipinski definition) is 2. The third-order valence-corrected chi connectivity index (χ3v) is 5.35. The van der Waals surface area contributed by atoms with Crippen LogP contribution < -0.4 is 5.32 Å². The zero-order valence-electron chi connectivity index (χ0n) is 13.9. The predicted molar refractivity (Wildman–Crippen MR) is 89.7 cm³/mol. The normalized spacial score (nSPS) is 20.9. The standard InChI is InChI=1S/C19H31NO/c1-16(12-15-21-3)18(20-2)19(13-8-5-9-14-19)17-10-6-4-7-11-17/h4,6-7,10-11,16,18,20H,5,8-9,12-15H2,1-3H3. The highest BCUT2D eigenvalue weighted by Crippen LogP contribution is 2.44. The van der Waals surface area contributed by atoms with E-state index in [-0.39, 0.29) is 0 Å². The van der Waals surface area contributed by atoms with Crippen molar-refractivity contribution in [1.82, 2.24) is 5.32 Å². The van der Waals surface area contributed by atoms with Gasteiger partial charge < -0.3 is 10.1 Å². The van der Waals surface area contributed by atoms with Crippen LogP contribution in [0.4, 0.5) is 0 Å². The summed E-state index contributed by atoms with van der Waals surface area (Å²) < 4.78 is 5.31. The maximum atomic E-state index is 5.31. The van der Waals surface area contributed by atoms with E-state index in [0.29, 0.717) is 17.4 Å². The Bertz CT molecular complexity index is 397. The topological polar surface area (TPSA) is 21.3 Å². The first-order valence-electron chi connectivity index (χ1n) is 8.46. The molecule has 0 aliphatic heterocycles. The van der Waals surface area contributed by atoms with Crippen LogP contribution in [-0.2, 0) is 10.2 Å². The van der Waals surface area contributed by atoms with Crippen molar-refractivity contribution in [3.63, 3.8) is 0 Å². The monoisotopic (exact) mass is 289 g/mol. The molecule has 118 valence electrons. The Labute approximate surface area is 130 Å². The van der Waals surface area contributed by atoms with Gasteiger partial charge in [-0.25, -0.2) is 0 Å². The van der Waals surface area contributed by atoms with Crippen molar-refractivity contribution in [2.75, 3.05) is 20.8 Å². The van der Waals surface area contributed by atoms with E-state index in [4.69, 9.17) is 4.74 Å². The maximum absolute atomic E-state index is 5.31. The summed E-state index contributed by atoms with van der Waals surface area (Å²) in [6.07, 6.45) is 7.82. The molecule has 2 nitrogen and oxygen atoms in total. The molecule has 2 heteroatoms. The van der Waals surface area contributed by atoms with Crippen LogP contribution in [0, 0.1) is 5.92 Å². The van der Waals surface area contributed by atoms with E-state index in [1.165, 1.54) is 37.7 Å². The molecule has 0 radical (unpaired) electrons. The lowest BCUT2D eigenvalue weighted by molar-refractivity contribution is 0.132. The van der Waals surface area contributed by atoms with Gasteiger partial charge in [-0.15, -0.1) is 0 Å². The van der Waals surface area contributed by atoms with E-state index in [1.807, 2.05) is 0 Å². The third-order valence-electron chi connectivity index (χ3n) is 5.35. The van der Waals surface area contributed by atoms with Gasteiger partial charge in [-0.3, -0.25) is 0 Å². The van der Waals surface area contributed by atoms with Crippen molar-refractivity contribution >= 4 is 0 Å². The molecule has 0 amide bonds. The maximum Gasteiger partial charge on any atom is 0.0465 e. The zero-order chi connectivity index (χ0) is 15.1. The second-order valence-electron chi connectivity index (χ2n) is 6.61. The fraction of sp³-hybridized carbons (Fsp3) is 0.684. The van der Waals surface area contributed by atoms with Gasteiger partial charge in [0.05, 0.1) is 0 Å². The van der Waals surface area contributed by atoms with Gasteiger partial charge in [0.1, 0.15) is 0 Å². The van der Waals surface area contributed by atoms with E-state index in [9.17, 15) is 0 Å². The summed E-state index contributed by atoms with van der Waals surface area (Å²) in [5.41, 5.74) is 1.81. The number of methoxy groups -OCH3 is 1. The number of ether oxygens (including phenoxy) is 1. The minimum absolute atomic E-state index is 0.293. The molecule has 1 saturated carbocycles. The number of rotatable bonds is 7. The lowest BCUT2D eigenvalue weighted by Gasteiger charge is -2.47. The summed E-state index contributed by atoms with van der Waals surface area (Å²) in [6, 6.07) is 11.7. The second kappa shape index (κ2) is 7.95. The third kappa shape index (κ3) is 3.67. The van der Waals surface area contributed by atoms with Crippen LogP contribution in [0.25, 0.3) is 0 Å². The van der Waals surface area contributed by atoms with Crippen molar-refractivity contribution in [2.24, 2.45) is 5.92 Å². The molecule has 1 aliphatic rings. The highest BCUT2D eigenvalue weighted by atomic mass is 16.5. The lowest BCUT2D eigenvalue weighted by atomic mass is 9.62. The van der Waals surface area contributed by atoms with Gasteiger partial charge in [-0.05, 0) is 37.8 Å². The average molecular weight is 289 g/mol. The van der Waals surface area contributed by atoms with Crippen molar-refractivity contribution in [3.05, 3.63) is 35.9 Å². The van der Waals surface area contributed by atoms with Crippen LogP contribution in [0.15, 0.2) is 30.3 Å². The fourth-order valence-electron chi connectivity index (χ4n) is 4.31. The van der Waals surface area contributed by atoms with Crippen LogP contribution in [0.2, 0.25) is 0 Å². The SMILES string of the molecule is CNC(C(C)CCOC)C1(c2ccccc2)CCCCC1. The summed E-state index contributed by atoms with van der Waals surface area (Å²) in [6.45, 7) is 3.23. The Balaban J connectivity index is 2.29. The molecular formula is C19H31NO. The first-order chi connectivity index (χ1) is 10.2. The molecule has 21 heavy (non-hydrogen) atoms. The van der Waals surface area contributed by atoms with Crippen molar-refractivity contribution in [3.8, 4) is 0 Å². The Morgan fingerprint density at radius 3 is 2.38 bits per heavy atom. The molecule has 2 rings (SSSR count). The first kappa shape index (κ1) is 16.5. The van der Waals surface area contributed by atoms with Crippen molar-refractivity contribution in [1.29, 1.82) is 0 Å². The van der Waals surface area contributed by atoms with Crippen LogP contribution in [0.5, 0.6) is 0 Å². The highest BCUT2D eigenvalue weighted by Gasteiger charge is 2.42. The predicted octanol–water partition coefficient (Wildman–Crippen LogP) is 4.15. The van der Waals surface area contributed by atoms with E-state index in [1.54, 1.807) is 7.11 Å². The van der Waals surface area contributed by atoms with Crippen LogP contribution in [0.1, 0.15) is 51.0 Å². The van der Waals surface area contributed by atoms with Gasteiger partial charge >= 0.3 is 0 Å². The molecule has 0 aromatic heterocycles. The molecule has 1 fully saturated rings. The Kier molecular flexibility index (Phi) is 6.25. The molecule has 2 unspecified atom stereocenters. The highest BCUT2D eigenvalue weighted by molar-refractivity contribution is 5.29. The van der Waals surface area contributed by atoms with Crippen LogP contribution in [-0.4, -0.2) is 26.8 Å². The number of benzene rings is 1. The minimum Gasteiger partial charge on any atom is -0.385 e. The van der Waals surface area contributed by atoms with Gasteiger partial charge in [0.15, 0.2) is 0 Å². The Morgan fingerprint density at radius 2 is 1.81 bits per heavy atom. The molecule has 2 atom stereocenters. The molecule has 1 aliphatic carbocycles. The van der Waals surface area contributed by atoms with Gasteiger partial charge in [0.25, 0.3) is 0 Å². The minimum atomic E-state index is 0.293. The van der Waals surface area contributed by atoms with Crippen LogP contribution >= 0.6 is 0 Å². The van der Waals surface area contributed by atoms with E-state index in [0.717, 1.165) is 13.0 Å². The Morgan fingerprint density at radius 1 is 1.14 bits per heavy atom. The van der Waals surface area contributed by atoms with Gasteiger partial charge in [0, 0.05) is 25.2 Å². The summed E-state index contributed by atoms with van der Waals surface area (Å²) in [5.74, 6) is 0.619. The molecule has 0 spiro atoms. The first-order valence-corrected chi connectivity index (χ1v) is 8.46. The summed E-state index contributed by atoms with van der Waals surface area (Å²) in [4.78, 5) is 0. The molecular weight excluding hydrogens is 258 g/mol. The van der Waals surface area contributed by atoms with Crippen molar-refractivity contribution in [2.45, 2.75) is 56.9 Å². The fourth-order valence-corrected chi connectivity index (χ4v) is 4.31. The molecule has 1 aromatic carbocycles. The quantitative estimate of drug-likeness (QED) is 0.814. The van der Waals surface area contributed by atoms with Gasteiger partial charge in [0.2, 0.25) is 0 Å². The van der Waals surface area contributed by atoms with Gasteiger partial charge in [-0.1, -0.05) is 56.5 Å². The molecule has 0 heterocycles. The second-order valence-corrected chi connectivity index (χ2v) is 6.61. The number of likely N-dealkylation sites (N-methyl/N-ethyl adjacent to an activating group) is 1. The number of nitrogens with one attached hydrogen (secondary N) is 1. The van der Waals surface area contributed by atoms with E-state index in [2.05, 4.69) is 49.6 Å². The average Bonchev–Trinajstić information content (AvgIpc) is 2.55. The largest absolute Gasteiger partial charge is 0.385 e. The summed E-state index contributed by atoms with van der Waals surface area (Å²) >= 11 is 0. The van der Waals surface area contributed by atoms with E-state index < -0.39 is 0 Å².